The SMILES string of the molecule is NC(O)OC1Cc2ccccc2C1C1CNC(Cc2ccccc2)(CC(O)C(Cc2ccccc2)NC(=O)O)C1=O. The van der Waals surface area contributed by atoms with Gasteiger partial charge in [-0.15, -0.1) is 0 Å². The Kier molecular flexibility index (Phi) is 8.82. The van der Waals surface area contributed by atoms with E-state index < -0.39 is 42.2 Å². The van der Waals surface area contributed by atoms with Crippen LogP contribution in [0.3, 0.4) is 0 Å². The molecule has 1 aliphatic carbocycles. The van der Waals surface area contributed by atoms with Crippen LogP contribution in [0.15, 0.2) is 84.9 Å². The molecule has 0 spiro atoms. The predicted octanol–water partition coefficient (Wildman–Crippen LogP) is 2.35. The number of nitrogens with one attached hydrogen (secondary N) is 2. The molecule has 7 N–H and O–H groups in total. The minimum atomic E-state index is -1.47. The lowest BCUT2D eigenvalue weighted by atomic mass is 9.75. The van der Waals surface area contributed by atoms with Crippen molar-refractivity contribution in [1.29, 1.82) is 0 Å². The van der Waals surface area contributed by atoms with Crippen molar-refractivity contribution in [3.05, 3.63) is 107 Å². The molecule has 9 nitrogen and oxygen atoms in total. The molecule has 41 heavy (non-hydrogen) atoms. The molecule has 1 aliphatic heterocycles. The Morgan fingerprint density at radius 3 is 2.29 bits per heavy atom. The third-order valence-electron chi connectivity index (χ3n) is 8.43. The molecule has 3 aromatic carbocycles. The van der Waals surface area contributed by atoms with Gasteiger partial charge in [-0.05, 0) is 41.5 Å². The number of fused-ring (bicyclic) bond motifs is 1. The van der Waals surface area contributed by atoms with Gasteiger partial charge in [0.25, 0.3) is 0 Å². The van der Waals surface area contributed by atoms with E-state index in [1.807, 2.05) is 84.9 Å². The lowest BCUT2D eigenvalue weighted by Gasteiger charge is -2.34. The summed E-state index contributed by atoms with van der Waals surface area (Å²) in [6.45, 7) is 0.341. The number of rotatable bonds is 11. The molecule has 0 aromatic heterocycles. The topological polar surface area (TPSA) is 154 Å². The van der Waals surface area contributed by atoms with Gasteiger partial charge in [-0.3, -0.25) is 10.5 Å². The van der Waals surface area contributed by atoms with Crippen molar-refractivity contribution in [3.8, 4) is 0 Å². The molecule has 0 saturated carbocycles. The van der Waals surface area contributed by atoms with Crippen molar-refractivity contribution >= 4 is 11.9 Å². The average molecular weight is 560 g/mol. The van der Waals surface area contributed by atoms with Crippen LogP contribution in [-0.2, 0) is 28.8 Å². The first kappa shape index (κ1) is 28.9. The molecule has 0 radical (unpaired) electrons. The molecular weight excluding hydrogens is 522 g/mol. The van der Waals surface area contributed by atoms with Crippen molar-refractivity contribution in [3.63, 3.8) is 0 Å². The lowest BCUT2D eigenvalue weighted by molar-refractivity contribution is -0.144. The van der Waals surface area contributed by atoms with Crippen LogP contribution in [0.25, 0.3) is 0 Å². The number of nitrogens with two attached hydrogens (primary N) is 1. The number of hydrogen-bond donors (Lipinski definition) is 6. The van der Waals surface area contributed by atoms with Gasteiger partial charge >= 0.3 is 6.09 Å². The highest BCUT2D eigenvalue weighted by atomic mass is 16.6. The van der Waals surface area contributed by atoms with Crippen LogP contribution in [-0.4, -0.2) is 63.9 Å². The van der Waals surface area contributed by atoms with E-state index in [1.54, 1.807) is 0 Å². The summed E-state index contributed by atoms with van der Waals surface area (Å²) in [7, 11) is 0. The van der Waals surface area contributed by atoms with Gasteiger partial charge in [-0.1, -0.05) is 84.9 Å². The number of amides is 1. The molecule has 1 saturated heterocycles. The molecule has 0 bridgehead atoms. The number of carbonyl (C=O) groups excluding carboxylic acids is 1. The monoisotopic (exact) mass is 559 g/mol. The van der Waals surface area contributed by atoms with E-state index in [9.17, 15) is 24.9 Å². The van der Waals surface area contributed by atoms with Crippen LogP contribution in [0.2, 0.25) is 0 Å². The number of hydrogen-bond acceptors (Lipinski definition) is 7. The first-order chi connectivity index (χ1) is 19.8. The lowest BCUT2D eigenvalue weighted by Crippen LogP contribution is -2.55. The summed E-state index contributed by atoms with van der Waals surface area (Å²) >= 11 is 0. The Hall–Kier alpha value is -3.60. The minimum absolute atomic E-state index is 0.00835. The van der Waals surface area contributed by atoms with Crippen molar-refractivity contribution in [1.82, 2.24) is 10.6 Å². The van der Waals surface area contributed by atoms with E-state index in [0.29, 0.717) is 19.4 Å². The van der Waals surface area contributed by atoms with Crippen molar-refractivity contribution in [2.24, 2.45) is 11.7 Å². The van der Waals surface area contributed by atoms with Crippen LogP contribution in [0.5, 0.6) is 0 Å². The van der Waals surface area contributed by atoms with E-state index in [2.05, 4.69) is 10.6 Å². The number of carboxylic acid groups (broad SMARTS) is 1. The Bertz CT molecular complexity index is 1340. The van der Waals surface area contributed by atoms with Crippen molar-refractivity contribution in [2.45, 2.75) is 61.8 Å². The molecule has 7 atom stereocenters. The molecule has 1 fully saturated rings. The molecule has 216 valence electrons. The first-order valence-electron chi connectivity index (χ1n) is 14.0. The van der Waals surface area contributed by atoms with E-state index in [-0.39, 0.29) is 24.5 Å². The number of aliphatic hydroxyl groups is 2. The summed E-state index contributed by atoms with van der Waals surface area (Å²) in [4.78, 5) is 26.2. The van der Waals surface area contributed by atoms with E-state index in [0.717, 1.165) is 22.3 Å². The number of benzene rings is 3. The van der Waals surface area contributed by atoms with Crippen LogP contribution in [0.1, 0.15) is 34.6 Å². The van der Waals surface area contributed by atoms with Crippen LogP contribution >= 0.6 is 0 Å². The smallest absolute Gasteiger partial charge is 0.404 e. The molecule has 1 heterocycles. The highest BCUT2D eigenvalue weighted by Gasteiger charge is 2.54. The predicted molar refractivity (Wildman–Crippen MR) is 153 cm³/mol. The third kappa shape index (κ3) is 6.50. The summed E-state index contributed by atoms with van der Waals surface area (Å²) < 4.78 is 5.71. The van der Waals surface area contributed by atoms with E-state index in [1.165, 1.54) is 0 Å². The highest BCUT2D eigenvalue weighted by molar-refractivity contribution is 5.94. The number of ketones is 1. The maximum absolute atomic E-state index is 14.5. The minimum Gasteiger partial charge on any atom is -0.465 e. The molecule has 7 unspecified atom stereocenters. The van der Waals surface area contributed by atoms with Gasteiger partial charge in [0, 0.05) is 24.8 Å². The maximum atomic E-state index is 14.5. The van der Waals surface area contributed by atoms with Gasteiger partial charge in [0.05, 0.1) is 23.8 Å². The van der Waals surface area contributed by atoms with Crippen LogP contribution in [0.4, 0.5) is 4.79 Å². The number of aliphatic hydroxyl groups excluding tert-OH is 2. The summed E-state index contributed by atoms with van der Waals surface area (Å²) in [5.41, 5.74) is 8.28. The van der Waals surface area contributed by atoms with Crippen molar-refractivity contribution < 1.29 is 29.6 Å². The van der Waals surface area contributed by atoms with Crippen LogP contribution in [0, 0.1) is 5.92 Å². The van der Waals surface area contributed by atoms with E-state index >= 15 is 0 Å². The van der Waals surface area contributed by atoms with Gasteiger partial charge in [0.15, 0.2) is 5.78 Å². The normalized spacial score (nSPS) is 25.8. The Morgan fingerprint density at radius 2 is 1.63 bits per heavy atom. The molecule has 3 aromatic rings. The molecule has 2 aliphatic rings. The number of ether oxygens (including phenoxy) is 1. The summed E-state index contributed by atoms with van der Waals surface area (Å²) in [6, 6.07) is 25.9. The Balaban J connectivity index is 1.46. The molecule has 5 rings (SSSR count). The quantitative estimate of drug-likeness (QED) is 0.196. The zero-order chi connectivity index (χ0) is 29.0. The van der Waals surface area contributed by atoms with E-state index in [4.69, 9.17) is 10.5 Å². The second-order valence-corrected chi connectivity index (χ2v) is 11.1. The number of Topliss-reactive ketones (excluding diaryl/α,β-unsaturated/α-hetero) is 1. The second kappa shape index (κ2) is 12.5. The standard InChI is InChI=1S/C32H37N3O6/c33-30(38)41-27-16-22-13-7-8-14-23(22)28(27)24-19-34-32(29(24)37,17-21-11-5-2-6-12-21)18-26(36)25(35-31(39)40)15-20-9-3-1-4-10-20/h1-14,24-28,30,34-36,38H,15-19,33H2,(H,39,40). The maximum Gasteiger partial charge on any atom is 0.404 e. The van der Waals surface area contributed by atoms with Gasteiger partial charge in [-0.2, -0.15) is 0 Å². The molecule has 1 amide bonds. The second-order valence-electron chi connectivity index (χ2n) is 11.1. The third-order valence-corrected chi connectivity index (χ3v) is 8.43. The zero-order valence-electron chi connectivity index (χ0n) is 22.7. The summed E-state index contributed by atoms with van der Waals surface area (Å²) in [6.07, 6.45) is -3.23. The highest BCUT2D eigenvalue weighted by Crippen LogP contribution is 2.45. The Morgan fingerprint density at radius 1 is 1.00 bits per heavy atom. The Labute approximate surface area is 239 Å². The first-order valence-corrected chi connectivity index (χ1v) is 14.0. The van der Waals surface area contributed by atoms with Gasteiger partial charge in [0.2, 0.25) is 6.41 Å². The van der Waals surface area contributed by atoms with Gasteiger partial charge in [0.1, 0.15) is 0 Å². The van der Waals surface area contributed by atoms with Crippen molar-refractivity contribution in [2.75, 3.05) is 6.54 Å². The fraction of sp³-hybridized carbons (Fsp3) is 0.375. The fourth-order valence-electron chi connectivity index (χ4n) is 6.66. The van der Waals surface area contributed by atoms with Crippen LogP contribution < -0.4 is 16.4 Å². The fourth-order valence-corrected chi connectivity index (χ4v) is 6.66. The van der Waals surface area contributed by atoms with Gasteiger partial charge < -0.3 is 30.7 Å². The number of carbonyl (C=O) groups is 2. The summed E-state index contributed by atoms with van der Waals surface area (Å²) in [5, 5.41) is 36.9. The molecule has 9 heteroatoms. The molecular formula is C32H37N3O6. The largest absolute Gasteiger partial charge is 0.465 e. The average Bonchev–Trinajstić information content (AvgIpc) is 3.45. The zero-order valence-corrected chi connectivity index (χ0v) is 22.7. The van der Waals surface area contributed by atoms with Gasteiger partial charge in [-0.25, -0.2) is 4.79 Å². The summed E-state index contributed by atoms with van der Waals surface area (Å²) in [5.74, 6) is -0.911.